The summed E-state index contributed by atoms with van der Waals surface area (Å²) in [5.74, 6) is 0. The molecule has 0 N–H and O–H groups in total. The Morgan fingerprint density at radius 2 is 2.15 bits per heavy atom. The van der Waals surface area contributed by atoms with Crippen LogP contribution in [0.4, 0.5) is 0 Å². The fraction of sp³-hybridized carbons (Fsp3) is 0.667. The molecule has 0 fully saturated rings. The van der Waals surface area contributed by atoms with E-state index in [1.807, 2.05) is 14.0 Å². The highest BCUT2D eigenvalue weighted by Crippen LogP contribution is 2.19. The van der Waals surface area contributed by atoms with Crippen LogP contribution in [0, 0.1) is 6.92 Å². The Balaban J connectivity index is 2.87. The molecule has 0 aromatic carbocycles. The van der Waals surface area contributed by atoms with Crippen LogP contribution in [0.2, 0.25) is 5.15 Å². The lowest BCUT2D eigenvalue weighted by atomic mass is 10.2. The lowest BCUT2D eigenvalue weighted by Crippen LogP contribution is -2.17. The molecule has 1 rings (SSSR count). The second-order valence-corrected chi connectivity index (χ2v) is 3.67. The molecule has 4 heteroatoms. The van der Waals surface area contributed by atoms with Gasteiger partial charge in [0.05, 0.1) is 5.69 Å². The Bertz CT molecular complexity index is 293. The number of nitrogens with zero attached hydrogens (tertiary/aromatic N) is 3. The Kier molecular flexibility index (Phi) is 3.33. The first kappa shape index (κ1) is 10.5. The van der Waals surface area contributed by atoms with E-state index in [9.17, 15) is 0 Å². The van der Waals surface area contributed by atoms with Gasteiger partial charge in [0, 0.05) is 19.2 Å². The fourth-order valence-electron chi connectivity index (χ4n) is 1.24. The molecule has 3 nitrogen and oxygen atoms in total. The maximum absolute atomic E-state index is 6.09. The van der Waals surface area contributed by atoms with Gasteiger partial charge in [0.25, 0.3) is 0 Å². The van der Waals surface area contributed by atoms with E-state index in [-0.39, 0.29) is 0 Å². The van der Waals surface area contributed by atoms with Crippen LogP contribution in [0.15, 0.2) is 0 Å². The van der Waals surface area contributed by atoms with Gasteiger partial charge in [-0.25, -0.2) is 0 Å². The zero-order valence-electron chi connectivity index (χ0n) is 8.63. The monoisotopic (exact) mass is 201 g/mol. The smallest absolute Gasteiger partial charge is 0.131 e. The summed E-state index contributed by atoms with van der Waals surface area (Å²) in [6, 6.07) is 0. The van der Waals surface area contributed by atoms with E-state index in [1.54, 1.807) is 4.68 Å². The van der Waals surface area contributed by atoms with Crippen molar-refractivity contribution in [3.63, 3.8) is 0 Å². The second kappa shape index (κ2) is 4.11. The van der Waals surface area contributed by atoms with Gasteiger partial charge >= 0.3 is 0 Å². The van der Waals surface area contributed by atoms with Crippen molar-refractivity contribution in [3.05, 3.63) is 16.4 Å². The third-order valence-electron chi connectivity index (χ3n) is 2.24. The predicted octanol–water partition coefficient (Wildman–Crippen LogP) is 1.83. The number of aromatic nitrogens is 2. The first-order valence-electron chi connectivity index (χ1n) is 4.42. The maximum atomic E-state index is 6.09. The molecular formula is C9H16ClN3. The minimum absolute atomic E-state index is 0.748. The first-order valence-corrected chi connectivity index (χ1v) is 4.80. The maximum Gasteiger partial charge on any atom is 0.131 e. The fourth-order valence-corrected chi connectivity index (χ4v) is 1.47. The Hall–Kier alpha value is -0.540. The molecule has 1 aromatic rings. The molecule has 74 valence electrons. The molecule has 0 spiro atoms. The summed E-state index contributed by atoms with van der Waals surface area (Å²) in [4.78, 5) is 2.20. The zero-order valence-corrected chi connectivity index (χ0v) is 9.39. The Labute approximate surface area is 84.3 Å². The second-order valence-electron chi connectivity index (χ2n) is 3.31. The summed E-state index contributed by atoms with van der Waals surface area (Å²) in [6.07, 6.45) is 0. The van der Waals surface area contributed by atoms with Crippen molar-refractivity contribution in [3.8, 4) is 0 Å². The highest BCUT2D eigenvalue weighted by Gasteiger charge is 2.11. The minimum atomic E-state index is 0.748. The molecule has 0 amide bonds. The highest BCUT2D eigenvalue weighted by atomic mass is 35.5. The van der Waals surface area contributed by atoms with E-state index >= 15 is 0 Å². The number of hydrogen-bond acceptors (Lipinski definition) is 2. The Morgan fingerprint density at radius 1 is 1.54 bits per heavy atom. The average Bonchev–Trinajstić information content (AvgIpc) is 2.32. The quantitative estimate of drug-likeness (QED) is 0.744. The van der Waals surface area contributed by atoms with Gasteiger partial charge in [-0.2, -0.15) is 5.10 Å². The van der Waals surface area contributed by atoms with E-state index in [0.717, 1.165) is 29.5 Å². The normalized spacial score (nSPS) is 11.2. The van der Waals surface area contributed by atoms with E-state index < -0.39 is 0 Å². The molecule has 0 atom stereocenters. The van der Waals surface area contributed by atoms with Gasteiger partial charge in [-0.15, -0.1) is 0 Å². The number of rotatable bonds is 3. The largest absolute Gasteiger partial charge is 0.302 e. The van der Waals surface area contributed by atoms with E-state index in [2.05, 4.69) is 24.0 Å². The van der Waals surface area contributed by atoms with Crippen molar-refractivity contribution in [2.45, 2.75) is 20.4 Å². The van der Waals surface area contributed by atoms with Crippen molar-refractivity contribution in [1.29, 1.82) is 0 Å². The standard InChI is InChI=1S/C9H16ClN3/c1-5-12(3)6-8-7(2)11-13(4)9(8)10/h5-6H2,1-4H3. The van der Waals surface area contributed by atoms with Gasteiger partial charge in [-0.1, -0.05) is 18.5 Å². The zero-order chi connectivity index (χ0) is 10.0. The molecule has 0 aliphatic carbocycles. The molecule has 0 saturated heterocycles. The van der Waals surface area contributed by atoms with Crippen LogP contribution in [0.5, 0.6) is 0 Å². The number of halogens is 1. The molecule has 0 bridgehead atoms. The summed E-state index contributed by atoms with van der Waals surface area (Å²) in [7, 11) is 3.94. The van der Waals surface area contributed by atoms with Crippen LogP contribution in [-0.2, 0) is 13.6 Å². The van der Waals surface area contributed by atoms with Gasteiger partial charge in [-0.3, -0.25) is 4.68 Å². The van der Waals surface area contributed by atoms with Crippen LogP contribution >= 0.6 is 11.6 Å². The average molecular weight is 202 g/mol. The van der Waals surface area contributed by atoms with Crippen LogP contribution in [0.3, 0.4) is 0 Å². The molecule has 1 aromatic heterocycles. The van der Waals surface area contributed by atoms with Crippen LogP contribution < -0.4 is 0 Å². The lowest BCUT2D eigenvalue weighted by molar-refractivity contribution is 0.345. The lowest BCUT2D eigenvalue weighted by Gasteiger charge is -2.13. The molecule has 0 unspecified atom stereocenters. The third kappa shape index (κ3) is 2.23. The molecule has 0 saturated carbocycles. The van der Waals surface area contributed by atoms with Gasteiger partial charge < -0.3 is 4.90 Å². The van der Waals surface area contributed by atoms with Crippen molar-refractivity contribution >= 4 is 11.6 Å². The van der Waals surface area contributed by atoms with Gasteiger partial charge in [0.2, 0.25) is 0 Å². The van der Waals surface area contributed by atoms with Gasteiger partial charge in [-0.05, 0) is 20.5 Å². The number of hydrogen-bond donors (Lipinski definition) is 0. The minimum Gasteiger partial charge on any atom is -0.302 e. The van der Waals surface area contributed by atoms with E-state index in [1.165, 1.54) is 0 Å². The SMILES string of the molecule is CCN(C)Cc1c(C)nn(C)c1Cl. The molecule has 13 heavy (non-hydrogen) atoms. The van der Waals surface area contributed by atoms with Crippen LogP contribution in [0.1, 0.15) is 18.2 Å². The summed E-state index contributed by atoms with van der Waals surface area (Å²) in [5.41, 5.74) is 2.15. The van der Waals surface area contributed by atoms with Gasteiger partial charge in [0.1, 0.15) is 5.15 Å². The van der Waals surface area contributed by atoms with Crippen molar-refractivity contribution in [2.75, 3.05) is 13.6 Å². The molecular weight excluding hydrogens is 186 g/mol. The summed E-state index contributed by atoms with van der Waals surface area (Å²) in [5, 5.41) is 5.00. The van der Waals surface area contributed by atoms with Crippen molar-refractivity contribution < 1.29 is 0 Å². The number of aryl methyl sites for hydroxylation is 2. The van der Waals surface area contributed by atoms with E-state index in [4.69, 9.17) is 11.6 Å². The summed E-state index contributed by atoms with van der Waals surface area (Å²) >= 11 is 6.09. The molecule has 0 aliphatic heterocycles. The van der Waals surface area contributed by atoms with Crippen molar-refractivity contribution in [2.24, 2.45) is 7.05 Å². The summed E-state index contributed by atoms with van der Waals surface area (Å²) in [6.45, 7) is 6.00. The van der Waals surface area contributed by atoms with Gasteiger partial charge in [0.15, 0.2) is 0 Å². The van der Waals surface area contributed by atoms with Crippen molar-refractivity contribution in [1.82, 2.24) is 14.7 Å². The molecule has 1 heterocycles. The topological polar surface area (TPSA) is 21.1 Å². The Morgan fingerprint density at radius 3 is 2.54 bits per heavy atom. The van der Waals surface area contributed by atoms with E-state index in [0.29, 0.717) is 0 Å². The predicted molar refractivity (Wildman–Crippen MR) is 55.0 cm³/mol. The van der Waals surface area contributed by atoms with Crippen LogP contribution in [0.25, 0.3) is 0 Å². The molecule has 0 aliphatic rings. The summed E-state index contributed by atoms with van der Waals surface area (Å²) < 4.78 is 1.72. The third-order valence-corrected chi connectivity index (χ3v) is 2.71. The van der Waals surface area contributed by atoms with Crippen LogP contribution in [-0.4, -0.2) is 28.3 Å². The first-order chi connectivity index (χ1) is 6.06. The molecule has 0 radical (unpaired) electrons. The highest BCUT2D eigenvalue weighted by molar-refractivity contribution is 6.30.